The molecule has 0 aliphatic heterocycles. The van der Waals surface area contributed by atoms with Crippen LogP contribution in [0.1, 0.15) is 37.6 Å². The third-order valence-corrected chi connectivity index (χ3v) is 3.44. The van der Waals surface area contributed by atoms with Gasteiger partial charge >= 0.3 is 0 Å². The molecule has 1 heterocycles. The Morgan fingerprint density at radius 3 is 2.70 bits per heavy atom. The van der Waals surface area contributed by atoms with E-state index in [1.165, 1.54) is 6.20 Å². The number of hydrogen-bond donors (Lipinski definition) is 2. The lowest BCUT2D eigenvalue weighted by atomic mass is 10.1. The van der Waals surface area contributed by atoms with Gasteiger partial charge in [-0.2, -0.15) is 0 Å². The van der Waals surface area contributed by atoms with Crippen molar-refractivity contribution in [2.24, 2.45) is 0 Å². The monoisotopic (exact) mass is 318 g/mol. The number of amides is 1. The molecule has 0 saturated carbocycles. The lowest BCUT2D eigenvalue weighted by Crippen LogP contribution is -2.38. The molecule has 2 aromatic rings. The first-order chi connectivity index (χ1) is 11.1. The summed E-state index contributed by atoms with van der Waals surface area (Å²) in [6.07, 6.45) is 1.65. The Bertz CT molecular complexity index is 739. The molecule has 2 N–H and O–H groups in total. The molecule has 6 heteroatoms. The fraction of sp³-hybridized carbons (Fsp3) is 0.412. The molecule has 1 amide bonds. The first-order valence-electron chi connectivity index (χ1n) is 7.81. The largest absolute Gasteiger partial charge is 0.494 e. The van der Waals surface area contributed by atoms with Crippen molar-refractivity contribution < 1.29 is 14.3 Å². The standard InChI is InChI=1S/C17H22N2O4/c1-4-15(23-6-3)19-17(21)13-10-18-14-8-7-11(22-5-2)9-12(14)16(13)20/h7-10,15H,4-6H2,1-3H3,(H,18,20)(H,19,21). The van der Waals surface area contributed by atoms with Gasteiger partial charge in [-0.05, 0) is 38.5 Å². The molecule has 1 unspecified atom stereocenters. The van der Waals surface area contributed by atoms with E-state index < -0.39 is 12.1 Å². The number of ether oxygens (including phenoxy) is 2. The van der Waals surface area contributed by atoms with Crippen molar-refractivity contribution in [2.75, 3.05) is 13.2 Å². The molecule has 1 atom stereocenters. The van der Waals surface area contributed by atoms with Gasteiger partial charge in [0.25, 0.3) is 5.91 Å². The molecule has 1 aromatic carbocycles. The van der Waals surface area contributed by atoms with Gasteiger partial charge in [-0.15, -0.1) is 0 Å². The molecule has 0 radical (unpaired) electrons. The van der Waals surface area contributed by atoms with Crippen LogP contribution in [-0.4, -0.2) is 30.3 Å². The Morgan fingerprint density at radius 1 is 1.26 bits per heavy atom. The van der Waals surface area contributed by atoms with Crippen molar-refractivity contribution in [1.29, 1.82) is 0 Å². The first kappa shape index (κ1) is 17.0. The van der Waals surface area contributed by atoms with Gasteiger partial charge in [0.1, 0.15) is 17.5 Å². The predicted octanol–water partition coefficient (Wildman–Crippen LogP) is 2.43. The summed E-state index contributed by atoms with van der Waals surface area (Å²) in [6.45, 7) is 6.63. The molecule has 23 heavy (non-hydrogen) atoms. The van der Waals surface area contributed by atoms with E-state index in [-0.39, 0.29) is 11.0 Å². The van der Waals surface area contributed by atoms with E-state index >= 15 is 0 Å². The Balaban J connectivity index is 2.35. The molecular weight excluding hydrogens is 296 g/mol. The Hall–Kier alpha value is -2.34. The van der Waals surface area contributed by atoms with E-state index in [0.717, 1.165) is 0 Å². The summed E-state index contributed by atoms with van der Waals surface area (Å²) in [5.74, 6) is 0.152. The summed E-state index contributed by atoms with van der Waals surface area (Å²) in [7, 11) is 0. The Labute approximate surface area is 134 Å². The summed E-state index contributed by atoms with van der Waals surface area (Å²) in [6, 6.07) is 5.19. The van der Waals surface area contributed by atoms with Crippen molar-refractivity contribution >= 4 is 16.8 Å². The highest BCUT2D eigenvalue weighted by Crippen LogP contribution is 2.17. The number of hydrogen-bond acceptors (Lipinski definition) is 4. The van der Waals surface area contributed by atoms with Crippen molar-refractivity contribution in [3.05, 3.63) is 40.2 Å². The minimum Gasteiger partial charge on any atom is -0.494 e. The van der Waals surface area contributed by atoms with Crippen LogP contribution >= 0.6 is 0 Å². The maximum Gasteiger partial charge on any atom is 0.258 e. The second-order valence-electron chi connectivity index (χ2n) is 5.00. The first-order valence-corrected chi connectivity index (χ1v) is 7.81. The normalized spacial score (nSPS) is 12.1. The lowest BCUT2D eigenvalue weighted by Gasteiger charge is -2.16. The highest BCUT2D eigenvalue weighted by Gasteiger charge is 2.16. The predicted molar refractivity (Wildman–Crippen MR) is 88.9 cm³/mol. The maximum absolute atomic E-state index is 12.6. The zero-order valence-corrected chi connectivity index (χ0v) is 13.6. The number of nitrogens with one attached hydrogen (secondary N) is 2. The second-order valence-corrected chi connectivity index (χ2v) is 5.00. The molecule has 2 rings (SSSR count). The highest BCUT2D eigenvalue weighted by molar-refractivity contribution is 5.97. The van der Waals surface area contributed by atoms with Crippen LogP contribution in [0, 0.1) is 0 Å². The molecule has 6 nitrogen and oxygen atoms in total. The summed E-state index contributed by atoms with van der Waals surface area (Å²) in [5, 5.41) is 3.14. The minimum atomic E-state index is -0.449. The second kappa shape index (κ2) is 7.78. The van der Waals surface area contributed by atoms with Crippen LogP contribution in [0.3, 0.4) is 0 Å². The molecule has 0 aliphatic carbocycles. The third kappa shape index (κ3) is 3.90. The van der Waals surface area contributed by atoms with Gasteiger partial charge in [-0.3, -0.25) is 9.59 Å². The summed E-state index contributed by atoms with van der Waals surface area (Å²) >= 11 is 0. The number of fused-ring (bicyclic) bond motifs is 1. The SMILES string of the molecule is CCOc1ccc2[nH]cc(C(=O)NC(CC)OCC)c(=O)c2c1. The van der Waals surface area contributed by atoms with Crippen LogP contribution in [0.5, 0.6) is 5.75 Å². The number of carbonyl (C=O) groups excluding carboxylic acids is 1. The van der Waals surface area contributed by atoms with E-state index in [4.69, 9.17) is 9.47 Å². The van der Waals surface area contributed by atoms with Crippen LogP contribution in [0.4, 0.5) is 0 Å². The van der Waals surface area contributed by atoms with Gasteiger partial charge in [-0.25, -0.2) is 0 Å². The smallest absolute Gasteiger partial charge is 0.258 e. The maximum atomic E-state index is 12.6. The van der Waals surface area contributed by atoms with Crippen LogP contribution in [0.25, 0.3) is 10.9 Å². The van der Waals surface area contributed by atoms with Crippen molar-refractivity contribution in [1.82, 2.24) is 10.3 Å². The average molecular weight is 318 g/mol. The topological polar surface area (TPSA) is 80.4 Å². The molecule has 1 aromatic heterocycles. The number of aromatic amines is 1. The zero-order chi connectivity index (χ0) is 16.8. The molecule has 124 valence electrons. The van der Waals surface area contributed by atoms with Crippen LogP contribution in [-0.2, 0) is 4.74 Å². The number of H-pyrrole nitrogens is 1. The van der Waals surface area contributed by atoms with Crippen molar-refractivity contribution in [3.63, 3.8) is 0 Å². The number of carbonyl (C=O) groups is 1. The van der Waals surface area contributed by atoms with E-state index in [1.54, 1.807) is 18.2 Å². The zero-order valence-electron chi connectivity index (χ0n) is 13.6. The number of benzene rings is 1. The van der Waals surface area contributed by atoms with Gasteiger partial charge in [0.15, 0.2) is 0 Å². The fourth-order valence-electron chi connectivity index (χ4n) is 2.31. The number of pyridine rings is 1. The molecular formula is C17H22N2O4. The van der Waals surface area contributed by atoms with Gasteiger partial charge in [-0.1, -0.05) is 6.92 Å². The summed E-state index contributed by atoms with van der Waals surface area (Å²) < 4.78 is 10.8. The quantitative estimate of drug-likeness (QED) is 0.768. The van der Waals surface area contributed by atoms with Crippen molar-refractivity contribution in [2.45, 2.75) is 33.4 Å². The van der Waals surface area contributed by atoms with Gasteiger partial charge in [0.2, 0.25) is 5.43 Å². The Morgan fingerprint density at radius 2 is 2.04 bits per heavy atom. The van der Waals surface area contributed by atoms with E-state index in [0.29, 0.717) is 36.3 Å². The average Bonchev–Trinajstić information content (AvgIpc) is 2.55. The van der Waals surface area contributed by atoms with E-state index in [2.05, 4.69) is 10.3 Å². The van der Waals surface area contributed by atoms with Crippen LogP contribution in [0.2, 0.25) is 0 Å². The molecule has 0 aliphatic rings. The summed E-state index contributed by atoms with van der Waals surface area (Å²) in [5.41, 5.74) is 0.389. The van der Waals surface area contributed by atoms with Gasteiger partial charge in [0.05, 0.1) is 6.61 Å². The molecule has 0 fully saturated rings. The fourth-order valence-corrected chi connectivity index (χ4v) is 2.31. The Kier molecular flexibility index (Phi) is 5.76. The van der Waals surface area contributed by atoms with Gasteiger partial charge in [0, 0.05) is 23.7 Å². The minimum absolute atomic E-state index is 0.0595. The van der Waals surface area contributed by atoms with Crippen LogP contribution in [0.15, 0.2) is 29.2 Å². The molecule has 0 spiro atoms. The summed E-state index contributed by atoms with van der Waals surface area (Å²) in [4.78, 5) is 27.9. The number of aromatic nitrogens is 1. The van der Waals surface area contributed by atoms with Crippen molar-refractivity contribution in [3.8, 4) is 5.75 Å². The molecule has 0 saturated heterocycles. The van der Waals surface area contributed by atoms with Gasteiger partial charge < -0.3 is 19.8 Å². The highest BCUT2D eigenvalue weighted by atomic mass is 16.5. The van der Waals surface area contributed by atoms with Crippen LogP contribution < -0.4 is 15.5 Å². The number of rotatable bonds is 7. The lowest BCUT2D eigenvalue weighted by molar-refractivity contribution is 0.0326. The third-order valence-electron chi connectivity index (χ3n) is 3.44. The van der Waals surface area contributed by atoms with E-state index in [9.17, 15) is 9.59 Å². The van der Waals surface area contributed by atoms with E-state index in [1.807, 2.05) is 20.8 Å². The molecule has 0 bridgehead atoms.